The number of anilines is 1. The third kappa shape index (κ3) is 3.07. The van der Waals surface area contributed by atoms with Gasteiger partial charge in [-0.2, -0.15) is 5.10 Å². The number of imide groups is 1. The highest BCUT2D eigenvalue weighted by atomic mass is 16.2. The lowest BCUT2D eigenvalue weighted by atomic mass is 9.86. The van der Waals surface area contributed by atoms with E-state index in [1.807, 2.05) is 25.5 Å². The summed E-state index contributed by atoms with van der Waals surface area (Å²) >= 11 is 0. The lowest BCUT2D eigenvalue weighted by Gasteiger charge is -2.18. The number of nitrogens with zero attached hydrogens (tertiary/aromatic N) is 4. The van der Waals surface area contributed by atoms with Gasteiger partial charge >= 0.3 is 0 Å². The second-order valence-electron chi connectivity index (χ2n) is 8.97. The van der Waals surface area contributed by atoms with Crippen LogP contribution >= 0.6 is 0 Å². The smallest absolute Gasteiger partial charge is 0.259 e. The molecule has 1 N–H and O–H groups in total. The van der Waals surface area contributed by atoms with Crippen LogP contribution in [-0.2, 0) is 23.2 Å². The molecule has 31 heavy (non-hydrogen) atoms. The summed E-state index contributed by atoms with van der Waals surface area (Å²) in [5.74, 6) is -0.143. The number of hydrogen-bond acceptors (Lipinski definition) is 4. The number of hydrogen-bond donors (Lipinski definition) is 1. The SMILES string of the molecule is CC(=O)N1CC2=C(C1=O)[C@@H](c1cnn(C)c1)c1cn(CCC(C)C)c3cccc(c13)N2. The highest BCUT2D eigenvalue weighted by Gasteiger charge is 2.42. The van der Waals surface area contributed by atoms with Gasteiger partial charge in [-0.1, -0.05) is 19.9 Å². The number of amides is 2. The predicted octanol–water partition coefficient (Wildman–Crippen LogP) is 3.62. The molecular weight excluding hydrogens is 390 g/mol. The Hall–Kier alpha value is -3.35. The molecule has 1 atom stereocenters. The zero-order valence-corrected chi connectivity index (χ0v) is 18.3. The van der Waals surface area contributed by atoms with Crippen molar-refractivity contribution in [1.29, 1.82) is 0 Å². The first-order valence-corrected chi connectivity index (χ1v) is 10.8. The number of benzene rings is 1. The van der Waals surface area contributed by atoms with E-state index in [1.165, 1.54) is 11.8 Å². The molecule has 2 aliphatic rings. The second-order valence-corrected chi connectivity index (χ2v) is 8.97. The Morgan fingerprint density at radius 3 is 2.77 bits per heavy atom. The van der Waals surface area contributed by atoms with Crippen molar-refractivity contribution < 1.29 is 9.59 Å². The normalized spacial score (nSPS) is 18.0. The van der Waals surface area contributed by atoms with Crippen LogP contribution in [0.5, 0.6) is 0 Å². The molecule has 0 saturated carbocycles. The molecule has 160 valence electrons. The molecule has 2 aliphatic heterocycles. The Morgan fingerprint density at radius 2 is 2.10 bits per heavy atom. The summed E-state index contributed by atoms with van der Waals surface area (Å²) in [5.41, 5.74) is 5.61. The fourth-order valence-corrected chi connectivity index (χ4v) is 4.79. The van der Waals surface area contributed by atoms with Crippen LogP contribution < -0.4 is 5.32 Å². The number of rotatable bonds is 4. The summed E-state index contributed by atoms with van der Waals surface area (Å²) in [4.78, 5) is 26.9. The van der Waals surface area contributed by atoms with Crippen molar-refractivity contribution in [2.45, 2.75) is 39.7 Å². The van der Waals surface area contributed by atoms with Gasteiger partial charge in [0.2, 0.25) is 5.91 Å². The van der Waals surface area contributed by atoms with Crippen molar-refractivity contribution in [1.82, 2.24) is 19.2 Å². The van der Waals surface area contributed by atoms with Crippen molar-refractivity contribution in [3.63, 3.8) is 0 Å². The fraction of sp³-hybridized carbons (Fsp3) is 0.375. The van der Waals surface area contributed by atoms with Crippen LogP contribution in [0.1, 0.15) is 44.2 Å². The molecule has 0 unspecified atom stereocenters. The lowest BCUT2D eigenvalue weighted by molar-refractivity contribution is -0.139. The highest BCUT2D eigenvalue weighted by molar-refractivity contribution is 6.11. The molecule has 0 saturated heterocycles. The van der Waals surface area contributed by atoms with Gasteiger partial charge in [-0.15, -0.1) is 0 Å². The Morgan fingerprint density at radius 1 is 1.29 bits per heavy atom. The standard InChI is InChI=1S/C24H27N5O2/c1-14(2)8-9-28-12-17-21(16-10-25-27(4)11-16)23-19(13-29(15(3)30)24(23)31)26-18-6-5-7-20(28)22(17)18/h5-7,10-12,14,21,26H,8-9,13H2,1-4H3/t21-/m0/s1. The fourth-order valence-electron chi connectivity index (χ4n) is 4.79. The van der Waals surface area contributed by atoms with Crippen LogP contribution in [0, 0.1) is 5.92 Å². The van der Waals surface area contributed by atoms with Gasteiger partial charge in [0.15, 0.2) is 0 Å². The minimum atomic E-state index is -0.278. The number of nitrogens with one attached hydrogen (secondary N) is 1. The molecule has 0 aliphatic carbocycles. The summed E-state index contributed by atoms with van der Waals surface area (Å²) in [5, 5.41) is 9.02. The molecule has 0 bridgehead atoms. The Labute approximate surface area is 181 Å². The molecule has 1 aromatic carbocycles. The molecule has 7 heteroatoms. The molecule has 2 aromatic heterocycles. The summed E-state index contributed by atoms with van der Waals surface area (Å²) < 4.78 is 4.06. The van der Waals surface area contributed by atoms with Gasteiger partial charge in [0.25, 0.3) is 5.91 Å². The number of carbonyl (C=O) groups is 2. The molecule has 7 nitrogen and oxygen atoms in total. The van der Waals surface area contributed by atoms with Crippen molar-refractivity contribution in [2.24, 2.45) is 13.0 Å². The average Bonchev–Trinajstić information content (AvgIpc) is 3.36. The maximum Gasteiger partial charge on any atom is 0.259 e. The van der Waals surface area contributed by atoms with Gasteiger partial charge in [0.1, 0.15) is 0 Å². The first-order chi connectivity index (χ1) is 14.8. The van der Waals surface area contributed by atoms with E-state index >= 15 is 0 Å². The maximum absolute atomic E-state index is 13.4. The summed E-state index contributed by atoms with van der Waals surface area (Å²) in [6.45, 7) is 7.08. The van der Waals surface area contributed by atoms with Crippen molar-refractivity contribution in [2.75, 3.05) is 11.9 Å². The van der Waals surface area contributed by atoms with E-state index < -0.39 is 0 Å². The molecule has 3 aromatic rings. The quantitative estimate of drug-likeness (QED) is 0.704. The largest absolute Gasteiger partial charge is 0.356 e. The van der Waals surface area contributed by atoms with E-state index in [1.54, 1.807) is 4.68 Å². The van der Waals surface area contributed by atoms with Gasteiger partial charge in [-0.25, -0.2) is 0 Å². The van der Waals surface area contributed by atoms with Crippen LogP contribution in [0.2, 0.25) is 0 Å². The molecule has 2 amide bonds. The minimum absolute atomic E-state index is 0.222. The van der Waals surface area contributed by atoms with Crippen LogP contribution in [0.3, 0.4) is 0 Å². The van der Waals surface area contributed by atoms with Gasteiger partial charge < -0.3 is 9.88 Å². The van der Waals surface area contributed by atoms with Crippen molar-refractivity contribution in [3.05, 3.63) is 59.2 Å². The zero-order chi connectivity index (χ0) is 21.9. The van der Waals surface area contributed by atoms with Crippen LogP contribution in [0.15, 0.2) is 48.1 Å². The van der Waals surface area contributed by atoms with E-state index in [4.69, 9.17) is 0 Å². The van der Waals surface area contributed by atoms with Gasteiger partial charge in [0.05, 0.1) is 23.8 Å². The Balaban J connectivity index is 1.74. The van der Waals surface area contributed by atoms with E-state index in [0.29, 0.717) is 11.5 Å². The molecule has 0 radical (unpaired) electrons. The van der Waals surface area contributed by atoms with E-state index in [2.05, 4.69) is 47.2 Å². The molecule has 0 fully saturated rings. The molecular formula is C24H27N5O2. The van der Waals surface area contributed by atoms with Gasteiger partial charge in [-0.3, -0.25) is 19.2 Å². The first kappa shape index (κ1) is 19.6. The minimum Gasteiger partial charge on any atom is -0.356 e. The lowest BCUT2D eigenvalue weighted by Crippen LogP contribution is -2.33. The maximum atomic E-state index is 13.4. The van der Waals surface area contributed by atoms with E-state index in [0.717, 1.165) is 46.4 Å². The summed E-state index contributed by atoms with van der Waals surface area (Å²) in [7, 11) is 1.88. The summed E-state index contributed by atoms with van der Waals surface area (Å²) in [6.07, 6.45) is 7.05. The topological polar surface area (TPSA) is 72.2 Å². The van der Waals surface area contributed by atoms with Gasteiger partial charge in [0, 0.05) is 61.2 Å². The van der Waals surface area contributed by atoms with Crippen LogP contribution in [0.25, 0.3) is 10.9 Å². The number of aromatic nitrogens is 3. The monoisotopic (exact) mass is 417 g/mol. The first-order valence-electron chi connectivity index (χ1n) is 10.8. The second kappa shape index (κ2) is 7.11. The molecule has 0 spiro atoms. The zero-order valence-electron chi connectivity index (χ0n) is 18.3. The molecule has 5 rings (SSSR count). The van der Waals surface area contributed by atoms with E-state index in [9.17, 15) is 9.59 Å². The third-order valence-corrected chi connectivity index (χ3v) is 6.32. The summed E-state index contributed by atoms with van der Waals surface area (Å²) in [6, 6.07) is 6.24. The highest BCUT2D eigenvalue weighted by Crippen LogP contribution is 2.46. The van der Waals surface area contributed by atoms with Crippen LogP contribution in [-0.4, -0.2) is 37.6 Å². The van der Waals surface area contributed by atoms with Crippen molar-refractivity contribution >= 4 is 28.4 Å². The number of aryl methyl sites for hydroxylation is 2. The van der Waals surface area contributed by atoms with Crippen LogP contribution in [0.4, 0.5) is 5.69 Å². The Bertz CT molecular complexity index is 1250. The Kier molecular flexibility index (Phi) is 4.50. The average molecular weight is 418 g/mol. The van der Waals surface area contributed by atoms with Crippen molar-refractivity contribution in [3.8, 4) is 0 Å². The third-order valence-electron chi connectivity index (χ3n) is 6.32. The number of carbonyl (C=O) groups excluding carboxylic acids is 2. The molecule has 4 heterocycles. The van der Waals surface area contributed by atoms with E-state index in [-0.39, 0.29) is 24.3 Å². The predicted molar refractivity (Wildman–Crippen MR) is 119 cm³/mol. The van der Waals surface area contributed by atoms with Gasteiger partial charge in [-0.05, 0) is 30.0 Å².